The number of carbonyl (C=O) groups excluding carboxylic acids is 1. The molecule has 1 heterocycles. The number of allylic oxidation sites excluding steroid dienone is 2. The van der Waals surface area contributed by atoms with Gasteiger partial charge in [-0.25, -0.2) is 0 Å². The molecule has 0 bridgehead atoms. The fraction of sp³-hybridized carbons (Fsp3) is 0.643. The van der Waals surface area contributed by atoms with Gasteiger partial charge in [0.1, 0.15) is 11.9 Å². The summed E-state index contributed by atoms with van der Waals surface area (Å²) < 4.78 is 5.77. The summed E-state index contributed by atoms with van der Waals surface area (Å²) in [5.74, 6) is 1.57. The van der Waals surface area contributed by atoms with Gasteiger partial charge in [0.25, 0.3) is 0 Å². The predicted octanol–water partition coefficient (Wildman–Crippen LogP) is 3.10. The maximum Gasteiger partial charge on any atom is 0.146 e. The number of Topliss-reactive ketones (excluding diaryl/α,β-unsaturated/α-hetero) is 1. The minimum absolute atomic E-state index is 0.0174. The third-order valence-electron chi connectivity index (χ3n) is 3.75. The van der Waals surface area contributed by atoms with Gasteiger partial charge in [-0.05, 0) is 37.8 Å². The van der Waals surface area contributed by atoms with E-state index < -0.39 is 0 Å². The molecule has 1 fully saturated rings. The van der Waals surface area contributed by atoms with Crippen molar-refractivity contribution >= 4 is 5.78 Å². The molecule has 1 aliphatic carbocycles. The van der Waals surface area contributed by atoms with Crippen molar-refractivity contribution < 1.29 is 9.53 Å². The lowest BCUT2D eigenvalue weighted by molar-refractivity contribution is -0.130. The molecule has 0 aromatic rings. The van der Waals surface area contributed by atoms with E-state index in [1.807, 2.05) is 27.7 Å². The van der Waals surface area contributed by atoms with Crippen molar-refractivity contribution in [1.29, 1.82) is 0 Å². The average molecular weight is 220 g/mol. The highest BCUT2D eigenvalue weighted by Crippen LogP contribution is 2.48. The number of rotatable bonds is 1. The lowest BCUT2D eigenvalue weighted by atomic mass is 9.84. The quantitative estimate of drug-likeness (QED) is 0.635. The Hall–Kier alpha value is -1.05. The molecule has 2 heteroatoms. The number of fused-ring (bicyclic) bond motifs is 1. The fourth-order valence-corrected chi connectivity index (χ4v) is 3.01. The molecule has 3 atom stereocenters. The predicted molar refractivity (Wildman–Crippen MR) is 63.8 cm³/mol. The van der Waals surface area contributed by atoms with Crippen LogP contribution < -0.4 is 0 Å². The summed E-state index contributed by atoms with van der Waals surface area (Å²) in [6.45, 7) is 11.9. The Bertz CT molecular complexity index is 376. The first-order chi connectivity index (χ1) is 7.33. The first kappa shape index (κ1) is 11.4. The summed E-state index contributed by atoms with van der Waals surface area (Å²) in [5.41, 5.74) is 0.738. The standard InChI is InChI=1S/C14H20O2/c1-8(2)12-11-10(6-9(3)16-12)7-14(4,5)13(11)15/h6,10-12H,1,7H2,2-5H3. The molecule has 0 spiro atoms. The highest BCUT2D eigenvalue weighted by Gasteiger charge is 2.52. The van der Waals surface area contributed by atoms with Crippen molar-refractivity contribution in [3.8, 4) is 0 Å². The molecule has 88 valence electrons. The van der Waals surface area contributed by atoms with Crippen LogP contribution in [0.2, 0.25) is 0 Å². The summed E-state index contributed by atoms with van der Waals surface area (Å²) in [5, 5.41) is 0. The van der Waals surface area contributed by atoms with Crippen molar-refractivity contribution in [2.24, 2.45) is 17.3 Å². The van der Waals surface area contributed by atoms with Gasteiger partial charge in [0, 0.05) is 5.41 Å². The van der Waals surface area contributed by atoms with Gasteiger partial charge < -0.3 is 4.74 Å². The second-order valence-electron chi connectivity index (χ2n) is 5.80. The first-order valence-electron chi connectivity index (χ1n) is 5.88. The minimum Gasteiger partial charge on any atom is -0.490 e. The van der Waals surface area contributed by atoms with Crippen molar-refractivity contribution in [1.82, 2.24) is 0 Å². The normalized spacial score (nSPS) is 36.4. The molecule has 3 unspecified atom stereocenters. The maximum atomic E-state index is 12.3. The molecule has 1 saturated carbocycles. The largest absolute Gasteiger partial charge is 0.490 e. The topological polar surface area (TPSA) is 26.3 Å². The molecule has 0 amide bonds. The van der Waals surface area contributed by atoms with E-state index in [9.17, 15) is 4.79 Å². The van der Waals surface area contributed by atoms with Gasteiger partial charge >= 0.3 is 0 Å². The lowest BCUT2D eigenvalue weighted by Crippen LogP contribution is -2.36. The average Bonchev–Trinajstić information content (AvgIpc) is 2.35. The van der Waals surface area contributed by atoms with E-state index in [1.54, 1.807) is 0 Å². The lowest BCUT2D eigenvalue weighted by Gasteiger charge is -2.32. The van der Waals surface area contributed by atoms with Crippen LogP contribution in [-0.2, 0) is 9.53 Å². The zero-order valence-corrected chi connectivity index (χ0v) is 10.5. The number of hydrogen-bond acceptors (Lipinski definition) is 2. The third-order valence-corrected chi connectivity index (χ3v) is 3.75. The van der Waals surface area contributed by atoms with Crippen LogP contribution in [0.1, 0.15) is 34.1 Å². The SMILES string of the molecule is C=C(C)C1OC(C)=CC2CC(C)(C)C(=O)C21. The molecular weight excluding hydrogens is 200 g/mol. The van der Waals surface area contributed by atoms with Gasteiger partial charge in [-0.3, -0.25) is 4.79 Å². The van der Waals surface area contributed by atoms with Crippen LogP contribution in [0, 0.1) is 17.3 Å². The molecule has 2 nitrogen and oxygen atoms in total. The zero-order chi connectivity index (χ0) is 12.1. The van der Waals surface area contributed by atoms with Crippen LogP contribution in [0.4, 0.5) is 0 Å². The Labute approximate surface area is 97.4 Å². The molecular formula is C14H20O2. The second-order valence-corrected chi connectivity index (χ2v) is 5.80. The molecule has 1 aliphatic heterocycles. The van der Waals surface area contributed by atoms with E-state index in [0.717, 1.165) is 17.8 Å². The van der Waals surface area contributed by atoms with Crippen molar-refractivity contribution in [2.75, 3.05) is 0 Å². The van der Waals surface area contributed by atoms with Gasteiger partial charge in [-0.15, -0.1) is 0 Å². The van der Waals surface area contributed by atoms with E-state index in [4.69, 9.17) is 4.74 Å². The van der Waals surface area contributed by atoms with E-state index in [2.05, 4.69) is 12.7 Å². The number of hydrogen-bond donors (Lipinski definition) is 0. The maximum absolute atomic E-state index is 12.3. The van der Waals surface area contributed by atoms with Crippen LogP contribution >= 0.6 is 0 Å². The van der Waals surface area contributed by atoms with Crippen molar-refractivity contribution in [2.45, 2.75) is 40.2 Å². The number of ether oxygens (including phenoxy) is 1. The molecule has 0 N–H and O–H groups in total. The Morgan fingerprint density at radius 2 is 2.19 bits per heavy atom. The van der Waals surface area contributed by atoms with E-state index in [1.165, 1.54) is 0 Å². The van der Waals surface area contributed by atoms with E-state index in [-0.39, 0.29) is 17.4 Å². The molecule has 2 rings (SSSR count). The molecule has 0 radical (unpaired) electrons. The Morgan fingerprint density at radius 3 is 2.75 bits per heavy atom. The van der Waals surface area contributed by atoms with Crippen molar-refractivity contribution in [3.63, 3.8) is 0 Å². The second kappa shape index (κ2) is 3.47. The highest BCUT2D eigenvalue weighted by atomic mass is 16.5. The minimum atomic E-state index is -0.215. The molecule has 0 aromatic heterocycles. The molecule has 0 saturated heterocycles. The van der Waals surface area contributed by atoms with Gasteiger partial charge in [-0.2, -0.15) is 0 Å². The van der Waals surface area contributed by atoms with Gasteiger partial charge in [0.15, 0.2) is 0 Å². The third kappa shape index (κ3) is 1.60. The summed E-state index contributed by atoms with van der Waals surface area (Å²) in [4.78, 5) is 12.3. The Morgan fingerprint density at radius 1 is 1.56 bits per heavy atom. The van der Waals surface area contributed by atoms with Gasteiger partial charge in [0.05, 0.1) is 11.7 Å². The van der Waals surface area contributed by atoms with Crippen LogP contribution in [0.25, 0.3) is 0 Å². The number of carbonyl (C=O) groups is 1. The first-order valence-corrected chi connectivity index (χ1v) is 5.88. The van der Waals surface area contributed by atoms with Crippen LogP contribution in [0.3, 0.4) is 0 Å². The van der Waals surface area contributed by atoms with Gasteiger partial charge in [-0.1, -0.05) is 20.4 Å². The monoisotopic (exact) mass is 220 g/mol. The summed E-state index contributed by atoms with van der Waals surface area (Å²) >= 11 is 0. The summed E-state index contributed by atoms with van der Waals surface area (Å²) in [6.07, 6.45) is 2.92. The van der Waals surface area contributed by atoms with Crippen LogP contribution in [-0.4, -0.2) is 11.9 Å². The Balaban J connectivity index is 2.39. The number of ketones is 1. The zero-order valence-electron chi connectivity index (χ0n) is 10.5. The van der Waals surface area contributed by atoms with E-state index >= 15 is 0 Å². The summed E-state index contributed by atoms with van der Waals surface area (Å²) in [7, 11) is 0. The van der Waals surface area contributed by atoms with Crippen LogP contribution in [0.15, 0.2) is 24.0 Å². The van der Waals surface area contributed by atoms with Crippen LogP contribution in [0.5, 0.6) is 0 Å². The summed E-state index contributed by atoms with van der Waals surface area (Å²) in [6, 6.07) is 0. The Kier molecular flexibility index (Phi) is 2.48. The molecule has 16 heavy (non-hydrogen) atoms. The van der Waals surface area contributed by atoms with E-state index in [0.29, 0.717) is 11.7 Å². The van der Waals surface area contributed by atoms with Gasteiger partial charge in [0.2, 0.25) is 0 Å². The molecule has 2 aliphatic rings. The molecule has 0 aromatic carbocycles. The fourth-order valence-electron chi connectivity index (χ4n) is 3.01. The smallest absolute Gasteiger partial charge is 0.146 e. The highest BCUT2D eigenvalue weighted by molar-refractivity contribution is 5.90. The van der Waals surface area contributed by atoms with Crippen molar-refractivity contribution in [3.05, 3.63) is 24.0 Å².